The lowest BCUT2D eigenvalue weighted by Gasteiger charge is -2.03. The molecule has 0 atom stereocenters. The summed E-state index contributed by atoms with van der Waals surface area (Å²) in [6.45, 7) is 6.99. The molecular weight excluding hydrogens is 352 g/mol. The Hall–Kier alpha value is -1.81. The van der Waals surface area contributed by atoms with Crippen molar-refractivity contribution >= 4 is 6.29 Å². The number of aryl methyl sites for hydroxylation is 1. The third-order valence-electron chi connectivity index (χ3n) is 2.98. The van der Waals surface area contributed by atoms with Gasteiger partial charge in [0.25, 0.3) is 0 Å². The molecule has 0 aliphatic carbocycles. The van der Waals surface area contributed by atoms with E-state index in [2.05, 4.69) is 17.8 Å². The molecule has 5 N–H and O–H groups in total. The number of benzene rings is 1. The first-order valence-corrected chi connectivity index (χ1v) is 8.71. The van der Waals surface area contributed by atoms with E-state index in [9.17, 15) is 4.79 Å². The van der Waals surface area contributed by atoms with Crippen molar-refractivity contribution in [1.29, 1.82) is 0 Å². The van der Waals surface area contributed by atoms with Crippen LogP contribution in [0.3, 0.4) is 0 Å². The third kappa shape index (κ3) is 20.4. The van der Waals surface area contributed by atoms with Gasteiger partial charge in [0.15, 0.2) is 6.29 Å². The maximum absolute atomic E-state index is 10.1. The Morgan fingerprint density at radius 2 is 1.74 bits per heavy atom. The maximum atomic E-state index is 10.1. The molecule has 0 aromatic heterocycles. The number of aliphatic hydroxyl groups is 1. The van der Waals surface area contributed by atoms with Gasteiger partial charge in [-0.2, -0.15) is 0 Å². The minimum absolute atomic E-state index is 0.0799. The average Bonchev–Trinajstić information content (AvgIpc) is 2.73. The lowest BCUT2D eigenvalue weighted by Crippen LogP contribution is -2.16. The highest BCUT2D eigenvalue weighted by atomic mass is 16.5. The molecular formula is C19H34N2O6. The first-order valence-electron chi connectivity index (χ1n) is 8.71. The molecule has 8 nitrogen and oxygen atoms in total. The van der Waals surface area contributed by atoms with Crippen LogP contribution in [0.2, 0.25) is 0 Å². The Morgan fingerprint density at radius 3 is 2.26 bits per heavy atom. The van der Waals surface area contributed by atoms with Gasteiger partial charge >= 0.3 is 0 Å². The molecule has 8 heteroatoms. The van der Waals surface area contributed by atoms with Crippen LogP contribution in [0, 0.1) is 0 Å². The Morgan fingerprint density at radius 1 is 1.11 bits per heavy atom. The summed E-state index contributed by atoms with van der Waals surface area (Å²) in [5.41, 5.74) is 1.25. The Labute approximate surface area is 161 Å². The predicted octanol–water partition coefficient (Wildman–Crippen LogP) is 0.949. The molecule has 0 saturated heterocycles. The first-order chi connectivity index (χ1) is 13.3. The van der Waals surface area contributed by atoms with E-state index in [1.807, 2.05) is 37.4 Å². The second kappa shape index (κ2) is 24.2. The topological polar surface area (TPSA) is 123 Å². The van der Waals surface area contributed by atoms with Crippen LogP contribution in [-0.4, -0.2) is 69.8 Å². The van der Waals surface area contributed by atoms with Crippen LogP contribution >= 0.6 is 0 Å². The van der Waals surface area contributed by atoms with Crippen LogP contribution in [0.15, 0.2) is 36.9 Å². The number of aldehydes is 1. The highest BCUT2D eigenvalue weighted by Crippen LogP contribution is 2.13. The van der Waals surface area contributed by atoms with Gasteiger partial charge in [-0.1, -0.05) is 18.2 Å². The van der Waals surface area contributed by atoms with E-state index >= 15 is 0 Å². The molecule has 27 heavy (non-hydrogen) atoms. The Bertz CT molecular complexity index is 390. The van der Waals surface area contributed by atoms with Gasteiger partial charge in [-0.25, -0.2) is 5.90 Å². The molecule has 0 spiro atoms. The standard InChI is InChI=1S/C12H14O2.C7H17NO3.H3NO/c1-2-3-4-11-5-7-12(8-6-11)14-10-9-13;1-8-2-4-10-6-7-11-5-3-9;1-2/h2,5-9H,1,3-4,10H2;8-9H,2-7H2,1H3;2H,1H2. The molecule has 0 amide bonds. The normalized spacial score (nSPS) is 9.33. The van der Waals surface area contributed by atoms with Gasteiger partial charge in [0.1, 0.15) is 12.4 Å². The number of rotatable bonds is 14. The van der Waals surface area contributed by atoms with Crippen molar-refractivity contribution < 1.29 is 29.3 Å². The number of carbonyl (C=O) groups excluding carboxylic acids is 1. The van der Waals surface area contributed by atoms with Crippen molar-refractivity contribution in [2.45, 2.75) is 12.8 Å². The highest BCUT2D eigenvalue weighted by molar-refractivity contribution is 5.51. The summed E-state index contributed by atoms with van der Waals surface area (Å²) in [6.07, 6.45) is 4.62. The van der Waals surface area contributed by atoms with E-state index in [1.165, 1.54) is 5.56 Å². The van der Waals surface area contributed by atoms with Gasteiger partial charge < -0.3 is 29.8 Å². The third-order valence-corrected chi connectivity index (χ3v) is 2.98. The van der Waals surface area contributed by atoms with Crippen LogP contribution in [0.4, 0.5) is 0 Å². The molecule has 1 rings (SSSR count). The minimum atomic E-state index is 0.0799. The number of nitrogens with two attached hydrogens (primary N) is 1. The van der Waals surface area contributed by atoms with Crippen LogP contribution in [0.1, 0.15) is 12.0 Å². The molecule has 1 aromatic rings. The van der Waals surface area contributed by atoms with E-state index in [0.29, 0.717) is 26.4 Å². The lowest BCUT2D eigenvalue weighted by molar-refractivity contribution is -0.109. The molecule has 0 aliphatic heterocycles. The maximum Gasteiger partial charge on any atom is 0.157 e. The average molecular weight is 386 g/mol. The van der Waals surface area contributed by atoms with Crippen molar-refractivity contribution in [3.05, 3.63) is 42.5 Å². The summed E-state index contributed by atoms with van der Waals surface area (Å²) in [6, 6.07) is 7.76. The largest absolute Gasteiger partial charge is 0.486 e. The van der Waals surface area contributed by atoms with Crippen molar-refractivity contribution in [1.82, 2.24) is 5.32 Å². The van der Waals surface area contributed by atoms with Crippen molar-refractivity contribution in [3.63, 3.8) is 0 Å². The highest BCUT2D eigenvalue weighted by Gasteiger charge is 1.94. The molecule has 0 heterocycles. The Kier molecular flexibility index (Phi) is 24.6. The summed E-state index contributed by atoms with van der Waals surface area (Å²) in [5.74, 6) is 4.24. The summed E-state index contributed by atoms with van der Waals surface area (Å²) in [7, 11) is 1.88. The van der Waals surface area contributed by atoms with Gasteiger partial charge in [-0.05, 0) is 37.6 Å². The van der Waals surface area contributed by atoms with Crippen molar-refractivity contribution in [2.75, 3.05) is 53.2 Å². The number of hydrogen-bond acceptors (Lipinski definition) is 8. The van der Waals surface area contributed by atoms with E-state index in [1.54, 1.807) is 0 Å². The van der Waals surface area contributed by atoms with Gasteiger partial charge in [-0.15, -0.1) is 6.58 Å². The molecule has 0 aliphatic rings. The molecule has 156 valence electrons. The first kappa shape index (κ1) is 27.4. The summed E-state index contributed by atoms with van der Waals surface area (Å²) in [4.78, 5) is 10.1. The van der Waals surface area contributed by atoms with Gasteiger partial charge in [-0.3, -0.25) is 4.79 Å². The van der Waals surface area contributed by atoms with E-state index in [-0.39, 0.29) is 13.2 Å². The van der Waals surface area contributed by atoms with Crippen LogP contribution in [0.5, 0.6) is 5.75 Å². The SMILES string of the molecule is C=CCCc1ccc(OCC=O)cc1.CNCCOCCOCCO.NO. The second-order valence-electron chi connectivity index (χ2n) is 5.00. The molecule has 0 bridgehead atoms. The van der Waals surface area contributed by atoms with Gasteiger partial charge in [0.05, 0.1) is 33.0 Å². The number of ether oxygens (including phenoxy) is 3. The fourth-order valence-electron chi connectivity index (χ4n) is 1.71. The predicted molar refractivity (Wildman–Crippen MR) is 105 cm³/mol. The van der Waals surface area contributed by atoms with Crippen LogP contribution in [0.25, 0.3) is 0 Å². The second-order valence-corrected chi connectivity index (χ2v) is 5.00. The van der Waals surface area contributed by atoms with Crippen molar-refractivity contribution in [3.8, 4) is 5.75 Å². The van der Waals surface area contributed by atoms with Crippen LogP contribution in [-0.2, 0) is 20.7 Å². The fourth-order valence-corrected chi connectivity index (χ4v) is 1.71. The quantitative estimate of drug-likeness (QED) is 0.161. The summed E-state index contributed by atoms with van der Waals surface area (Å²) in [5, 5.41) is 17.8. The molecule has 0 fully saturated rings. The zero-order chi connectivity index (χ0) is 20.6. The zero-order valence-corrected chi connectivity index (χ0v) is 16.1. The van der Waals surface area contributed by atoms with Crippen LogP contribution < -0.4 is 16.0 Å². The molecule has 0 saturated carbocycles. The van der Waals surface area contributed by atoms with Gasteiger partial charge in [0.2, 0.25) is 0 Å². The minimum Gasteiger partial charge on any atom is -0.486 e. The van der Waals surface area contributed by atoms with Crippen molar-refractivity contribution in [2.24, 2.45) is 5.90 Å². The zero-order valence-electron chi connectivity index (χ0n) is 16.1. The van der Waals surface area contributed by atoms with E-state index in [0.717, 1.165) is 31.4 Å². The van der Waals surface area contributed by atoms with E-state index < -0.39 is 0 Å². The number of likely N-dealkylation sites (N-methyl/N-ethyl adjacent to an activating group) is 1. The molecule has 0 unspecified atom stereocenters. The number of nitrogens with one attached hydrogen (secondary N) is 1. The smallest absolute Gasteiger partial charge is 0.157 e. The lowest BCUT2D eigenvalue weighted by atomic mass is 10.1. The van der Waals surface area contributed by atoms with E-state index in [4.69, 9.17) is 24.5 Å². The number of hydrogen-bond donors (Lipinski definition) is 4. The number of allylic oxidation sites excluding steroid dienone is 1. The summed E-state index contributed by atoms with van der Waals surface area (Å²) < 4.78 is 15.2. The van der Waals surface area contributed by atoms with Gasteiger partial charge in [0, 0.05) is 6.54 Å². The number of carbonyl (C=O) groups is 1. The molecule has 1 aromatic carbocycles. The monoisotopic (exact) mass is 386 g/mol. The Balaban J connectivity index is 0. The fraction of sp³-hybridized carbons (Fsp3) is 0.526. The molecule has 0 radical (unpaired) electrons. The number of aliphatic hydroxyl groups excluding tert-OH is 1. The summed E-state index contributed by atoms with van der Waals surface area (Å²) >= 11 is 0.